The molecule has 1 unspecified atom stereocenters. The van der Waals surface area contributed by atoms with Gasteiger partial charge >= 0.3 is 6.09 Å². The lowest BCUT2D eigenvalue weighted by Crippen LogP contribution is -2.34. The normalized spacial score (nSPS) is 13.3. The Labute approximate surface area is 214 Å². The Bertz CT molecular complexity index is 888. The van der Waals surface area contributed by atoms with Gasteiger partial charge in [-0.2, -0.15) is 0 Å². The Morgan fingerprint density at radius 2 is 1.72 bits per heavy atom. The standard InChI is InChI=1S/C26H33BrINO3/c1-25(2,15-16-32-24(31)29-19-20-9-5-4-6-10-20)13-8-14-26(3,23(30)18-27)21-11-7-12-22(28)17-21/h4-7,9-12,17H,8,13-16,18-19H2,1-3H3,(H,29,31). The second-order valence-corrected chi connectivity index (χ2v) is 10.9. The first-order chi connectivity index (χ1) is 15.2. The maximum Gasteiger partial charge on any atom is 0.407 e. The first-order valence-electron chi connectivity index (χ1n) is 11.0. The molecule has 0 fully saturated rings. The molecule has 0 radical (unpaired) electrons. The summed E-state index contributed by atoms with van der Waals surface area (Å²) in [7, 11) is 0. The molecule has 2 aromatic rings. The highest BCUT2D eigenvalue weighted by atomic mass is 127. The van der Waals surface area contributed by atoms with Crippen molar-refractivity contribution in [3.8, 4) is 0 Å². The van der Waals surface area contributed by atoms with E-state index in [2.05, 4.69) is 76.7 Å². The van der Waals surface area contributed by atoms with Gasteiger partial charge < -0.3 is 10.1 Å². The van der Waals surface area contributed by atoms with Crippen LogP contribution in [0.25, 0.3) is 0 Å². The van der Waals surface area contributed by atoms with E-state index in [0.717, 1.165) is 40.4 Å². The molecule has 174 valence electrons. The molecule has 0 aromatic heterocycles. The minimum atomic E-state index is -0.505. The number of benzene rings is 2. The van der Waals surface area contributed by atoms with Gasteiger partial charge in [-0.1, -0.05) is 78.7 Å². The molecule has 0 saturated heterocycles. The average Bonchev–Trinajstić information content (AvgIpc) is 2.77. The zero-order valence-electron chi connectivity index (χ0n) is 19.1. The molecule has 4 nitrogen and oxygen atoms in total. The SMILES string of the molecule is CC(C)(CCCC(C)(C(=O)CBr)c1cccc(I)c1)CCOC(=O)NCc1ccccc1. The van der Waals surface area contributed by atoms with Crippen LogP contribution in [0.1, 0.15) is 57.6 Å². The molecule has 0 aliphatic heterocycles. The van der Waals surface area contributed by atoms with Gasteiger partial charge in [-0.25, -0.2) is 4.79 Å². The fraction of sp³-hybridized carbons (Fsp3) is 0.462. The fourth-order valence-corrected chi connectivity index (χ4v) is 4.87. The summed E-state index contributed by atoms with van der Waals surface area (Å²) in [6.45, 7) is 7.26. The van der Waals surface area contributed by atoms with Crippen LogP contribution < -0.4 is 5.32 Å². The summed E-state index contributed by atoms with van der Waals surface area (Å²) in [5.41, 5.74) is 1.63. The number of rotatable bonds is 12. The molecule has 1 amide bonds. The van der Waals surface area contributed by atoms with Crippen LogP contribution in [0.5, 0.6) is 0 Å². The molecule has 0 heterocycles. The predicted octanol–water partition coefficient (Wildman–Crippen LogP) is 7.03. The molecule has 2 rings (SSSR count). The summed E-state index contributed by atoms with van der Waals surface area (Å²) in [6, 6.07) is 18.0. The highest BCUT2D eigenvalue weighted by molar-refractivity contribution is 14.1. The molecule has 0 bridgehead atoms. The Kier molecular flexibility index (Phi) is 10.7. The molecule has 32 heavy (non-hydrogen) atoms. The second kappa shape index (κ2) is 12.7. The lowest BCUT2D eigenvalue weighted by molar-refractivity contribution is -0.121. The maximum absolute atomic E-state index is 12.8. The molecule has 0 aliphatic carbocycles. The van der Waals surface area contributed by atoms with Crippen LogP contribution in [0.15, 0.2) is 54.6 Å². The Balaban J connectivity index is 1.80. The minimum Gasteiger partial charge on any atom is -0.450 e. The summed E-state index contributed by atoms with van der Waals surface area (Å²) >= 11 is 5.66. The third-order valence-electron chi connectivity index (χ3n) is 6.02. The van der Waals surface area contributed by atoms with Crippen LogP contribution in [-0.2, 0) is 21.5 Å². The van der Waals surface area contributed by atoms with Crippen molar-refractivity contribution in [2.45, 2.75) is 58.4 Å². The van der Waals surface area contributed by atoms with Gasteiger partial charge in [-0.05, 0) is 77.5 Å². The number of carbonyl (C=O) groups excluding carboxylic acids is 2. The molecule has 1 atom stereocenters. The Hall–Kier alpha value is -1.41. The maximum atomic E-state index is 12.8. The molecule has 0 spiro atoms. The van der Waals surface area contributed by atoms with Gasteiger partial charge in [0.15, 0.2) is 5.78 Å². The lowest BCUT2D eigenvalue weighted by atomic mass is 9.73. The van der Waals surface area contributed by atoms with E-state index in [1.54, 1.807) is 0 Å². The number of hydrogen-bond acceptors (Lipinski definition) is 3. The monoisotopic (exact) mass is 613 g/mol. The van der Waals surface area contributed by atoms with Crippen LogP contribution in [0.3, 0.4) is 0 Å². The lowest BCUT2D eigenvalue weighted by Gasteiger charge is -2.31. The number of alkyl carbamates (subject to hydrolysis) is 1. The van der Waals surface area contributed by atoms with E-state index >= 15 is 0 Å². The summed E-state index contributed by atoms with van der Waals surface area (Å²) in [4.78, 5) is 24.8. The molecule has 2 aromatic carbocycles. The summed E-state index contributed by atoms with van der Waals surface area (Å²) in [5, 5.41) is 3.14. The van der Waals surface area contributed by atoms with Crippen molar-refractivity contribution < 1.29 is 14.3 Å². The van der Waals surface area contributed by atoms with E-state index in [4.69, 9.17) is 4.74 Å². The summed E-state index contributed by atoms with van der Waals surface area (Å²) in [5.74, 6) is 0.204. The average molecular weight is 614 g/mol. The first-order valence-corrected chi connectivity index (χ1v) is 13.2. The molecular weight excluding hydrogens is 581 g/mol. The smallest absolute Gasteiger partial charge is 0.407 e. The number of ether oxygens (including phenoxy) is 1. The highest BCUT2D eigenvalue weighted by Gasteiger charge is 2.34. The second-order valence-electron chi connectivity index (χ2n) is 9.14. The Morgan fingerprint density at radius 3 is 2.38 bits per heavy atom. The number of Topliss-reactive ketones (excluding diaryl/α,β-unsaturated/α-hetero) is 1. The number of hydrogen-bond donors (Lipinski definition) is 1. The number of nitrogens with one attached hydrogen (secondary N) is 1. The van der Waals surface area contributed by atoms with Crippen LogP contribution >= 0.6 is 38.5 Å². The van der Waals surface area contributed by atoms with Gasteiger partial charge in [0.1, 0.15) is 0 Å². The molecular formula is C26H33BrINO3. The zero-order valence-corrected chi connectivity index (χ0v) is 22.9. The number of carbonyl (C=O) groups is 2. The number of ketones is 1. The minimum absolute atomic E-state index is 0.0170. The van der Waals surface area contributed by atoms with E-state index in [-0.39, 0.29) is 17.3 Å². The molecule has 6 heteroatoms. The van der Waals surface area contributed by atoms with Gasteiger partial charge in [0.25, 0.3) is 0 Å². The molecule has 0 saturated carbocycles. The van der Waals surface area contributed by atoms with Crippen molar-refractivity contribution >= 4 is 50.4 Å². The van der Waals surface area contributed by atoms with E-state index in [1.807, 2.05) is 42.5 Å². The number of alkyl halides is 1. The molecule has 1 N–H and O–H groups in total. The third kappa shape index (κ3) is 8.50. The fourth-order valence-electron chi connectivity index (χ4n) is 3.71. The quantitative estimate of drug-likeness (QED) is 0.207. The van der Waals surface area contributed by atoms with E-state index in [0.29, 0.717) is 18.5 Å². The highest BCUT2D eigenvalue weighted by Crippen LogP contribution is 2.35. The van der Waals surface area contributed by atoms with Gasteiger partial charge in [-0.15, -0.1) is 0 Å². The summed E-state index contributed by atoms with van der Waals surface area (Å²) in [6.07, 6.45) is 3.06. The van der Waals surface area contributed by atoms with Crippen molar-refractivity contribution in [2.24, 2.45) is 5.41 Å². The van der Waals surface area contributed by atoms with Crippen molar-refractivity contribution in [1.82, 2.24) is 5.32 Å². The summed E-state index contributed by atoms with van der Waals surface area (Å²) < 4.78 is 6.51. The van der Waals surface area contributed by atoms with E-state index < -0.39 is 5.41 Å². The van der Waals surface area contributed by atoms with Crippen LogP contribution in [0.2, 0.25) is 0 Å². The van der Waals surface area contributed by atoms with Crippen molar-refractivity contribution in [3.63, 3.8) is 0 Å². The van der Waals surface area contributed by atoms with Crippen molar-refractivity contribution in [3.05, 3.63) is 69.3 Å². The van der Waals surface area contributed by atoms with Crippen LogP contribution in [-0.4, -0.2) is 23.8 Å². The van der Waals surface area contributed by atoms with Gasteiger partial charge in [-0.3, -0.25) is 4.79 Å². The van der Waals surface area contributed by atoms with Crippen LogP contribution in [0.4, 0.5) is 4.79 Å². The Morgan fingerprint density at radius 1 is 1.00 bits per heavy atom. The first kappa shape index (κ1) is 26.8. The van der Waals surface area contributed by atoms with E-state index in [9.17, 15) is 9.59 Å². The van der Waals surface area contributed by atoms with Crippen molar-refractivity contribution in [2.75, 3.05) is 11.9 Å². The largest absolute Gasteiger partial charge is 0.450 e. The third-order valence-corrected chi connectivity index (χ3v) is 7.20. The van der Waals surface area contributed by atoms with Gasteiger partial charge in [0, 0.05) is 10.1 Å². The van der Waals surface area contributed by atoms with Crippen molar-refractivity contribution in [1.29, 1.82) is 0 Å². The topological polar surface area (TPSA) is 55.4 Å². The zero-order chi connectivity index (χ0) is 23.6. The van der Waals surface area contributed by atoms with Gasteiger partial charge in [0.05, 0.1) is 17.4 Å². The number of halogens is 2. The van der Waals surface area contributed by atoms with E-state index in [1.165, 1.54) is 0 Å². The van der Waals surface area contributed by atoms with Gasteiger partial charge in [0.2, 0.25) is 0 Å². The molecule has 0 aliphatic rings. The van der Waals surface area contributed by atoms with Crippen LogP contribution in [0, 0.1) is 8.99 Å². The predicted molar refractivity (Wildman–Crippen MR) is 142 cm³/mol. The number of amides is 1.